The van der Waals surface area contributed by atoms with Crippen molar-refractivity contribution in [1.82, 2.24) is 0 Å². The van der Waals surface area contributed by atoms with E-state index < -0.39 is 0 Å². The molecule has 0 amide bonds. The van der Waals surface area contributed by atoms with Gasteiger partial charge in [-0.25, -0.2) is 0 Å². The maximum Gasteiger partial charge on any atom is 0.187 e. The summed E-state index contributed by atoms with van der Waals surface area (Å²) in [6, 6.07) is 0. The summed E-state index contributed by atoms with van der Waals surface area (Å²) < 4.78 is 0.951. The molecule has 0 aliphatic rings. The Bertz CT molecular complexity index is 101. The molecule has 0 aliphatic carbocycles. The van der Waals surface area contributed by atoms with Gasteiger partial charge in [-0.3, -0.25) is 0 Å². The molecule has 0 aliphatic heterocycles. The average Bonchev–Trinajstić information content (AvgIpc) is 1.64. The third-order valence-electron chi connectivity index (χ3n) is 1.25. The maximum atomic E-state index is 3.68. The monoisotopic (exact) mass is 191 g/mol. The summed E-state index contributed by atoms with van der Waals surface area (Å²) in [5.41, 5.74) is 0. The number of rotatable bonds is 4. The number of hydrogen-bond acceptors (Lipinski definition) is 0. The van der Waals surface area contributed by atoms with Crippen LogP contribution in [0.1, 0.15) is 0 Å². The predicted octanol–water partition coefficient (Wildman–Crippen LogP) is -2.75. The first-order valence-electron chi connectivity index (χ1n) is 3.16. The highest BCUT2D eigenvalue weighted by Gasteiger charge is 2.07. The fourth-order valence-electron chi connectivity index (χ4n) is 0.774. The van der Waals surface area contributed by atoms with E-state index in [0.29, 0.717) is 0 Å². The van der Waals surface area contributed by atoms with Crippen LogP contribution in [-0.4, -0.2) is 49.0 Å². The van der Waals surface area contributed by atoms with E-state index in [4.69, 9.17) is 0 Å². The summed E-state index contributed by atoms with van der Waals surface area (Å²) in [6.07, 6.45) is 3.87. The Labute approximate surface area is 86.9 Å². The quantitative estimate of drug-likeness (QED) is 0.257. The Morgan fingerprint density at radius 2 is 1.36 bits per heavy atom. The van der Waals surface area contributed by atoms with Crippen molar-refractivity contribution in [2.24, 2.45) is 0 Å². The van der Waals surface area contributed by atoms with Crippen molar-refractivity contribution >= 4 is 17.4 Å². The van der Waals surface area contributed by atoms with Crippen molar-refractivity contribution in [3.05, 3.63) is 25.3 Å². The maximum absolute atomic E-state index is 3.68. The van der Waals surface area contributed by atoms with E-state index >= 15 is 0 Å². The van der Waals surface area contributed by atoms with Crippen LogP contribution in [0.4, 0.5) is 0 Å². The Hall–Kier alpha value is 0.262. The van der Waals surface area contributed by atoms with Crippen molar-refractivity contribution in [2.45, 2.75) is 0 Å². The first-order valence-corrected chi connectivity index (χ1v) is 3.16. The minimum absolute atomic E-state index is 0. The summed E-state index contributed by atoms with van der Waals surface area (Å²) in [5, 5.41) is 0. The Morgan fingerprint density at radius 1 is 1.09 bits per heavy atom. The van der Waals surface area contributed by atoms with Gasteiger partial charge >= 0.3 is 0 Å². The molecule has 0 bridgehead atoms. The molecule has 1 nitrogen and oxygen atoms in total. The summed E-state index contributed by atoms with van der Waals surface area (Å²) in [7, 11) is 4.31. The van der Waals surface area contributed by atoms with Crippen LogP contribution in [-0.2, 0) is 0 Å². The van der Waals surface area contributed by atoms with E-state index in [-0.39, 0.29) is 29.8 Å². The van der Waals surface area contributed by atoms with Gasteiger partial charge in [0.2, 0.25) is 0 Å². The number of likely N-dealkylation sites (N-methyl/N-ethyl adjacent to an activating group) is 1. The van der Waals surface area contributed by atoms with Gasteiger partial charge in [-0.2, -0.15) is 0 Å². The van der Waals surface area contributed by atoms with Gasteiger partial charge in [0.05, 0.1) is 27.2 Å². The minimum Gasteiger partial charge on any atom is -1.00 e. The molecule has 0 saturated carbocycles. The van der Waals surface area contributed by atoms with Crippen molar-refractivity contribution in [2.75, 3.05) is 27.2 Å². The molecule has 0 aromatic rings. The number of hydrogen-bond donors (Lipinski definition) is 0. The molecule has 0 heterocycles. The molecule has 0 aromatic carbocycles. The molecular formula is C8H19AlClN. The molecule has 0 atom stereocenters. The molecule has 0 aromatic heterocycles. The van der Waals surface area contributed by atoms with Crippen molar-refractivity contribution in [1.29, 1.82) is 0 Å². The fourth-order valence-corrected chi connectivity index (χ4v) is 0.774. The molecule has 0 saturated heterocycles. The zero-order valence-electron chi connectivity index (χ0n) is 6.81. The van der Waals surface area contributed by atoms with Gasteiger partial charge in [0.1, 0.15) is 0 Å². The van der Waals surface area contributed by atoms with Gasteiger partial charge in [0.15, 0.2) is 17.4 Å². The summed E-state index contributed by atoms with van der Waals surface area (Å²) >= 11 is 0. The van der Waals surface area contributed by atoms with Gasteiger partial charge < -0.3 is 16.9 Å². The number of nitrogens with zero attached hydrogens (tertiary/aromatic N) is 1. The van der Waals surface area contributed by atoms with Gasteiger partial charge in [0.25, 0.3) is 0 Å². The van der Waals surface area contributed by atoms with E-state index in [0.717, 1.165) is 17.6 Å². The smallest absolute Gasteiger partial charge is 0.187 e. The largest absolute Gasteiger partial charge is 1.00 e. The lowest BCUT2D eigenvalue weighted by Crippen LogP contribution is -3.00. The van der Waals surface area contributed by atoms with E-state index in [2.05, 4.69) is 27.3 Å². The molecule has 0 N–H and O–H groups in total. The zero-order valence-corrected chi connectivity index (χ0v) is 7.56. The second kappa shape index (κ2) is 8.36. The molecule has 0 unspecified atom stereocenters. The van der Waals surface area contributed by atoms with Crippen molar-refractivity contribution < 1.29 is 16.9 Å². The Balaban J connectivity index is -0.000000320. The fraction of sp³-hybridized carbons (Fsp3) is 0.500. The first kappa shape index (κ1) is 17.4. The molecule has 0 radical (unpaired) electrons. The third kappa shape index (κ3) is 10.3. The van der Waals surface area contributed by atoms with Crippen LogP contribution in [0.2, 0.25) is 0 Å². The normalized spacial score (nSPS) is 8.91. The highest BCUT2D eigenvalue weighted by atomic mass is 35.5. The average molecular weight is 192 g/mol. The van der Waals surface area contributed by atoms with E-state index in [1.807, 2.05) is 12.2 Å². The molecule has 11 heavy (non-hydrogen) atoms. The number of halogens is 1. The van der Waals surface area contributed by atoms with Crippen LogP contribution in [0, 0.1) is 0 Å². The molecule has 0 spiro atoms. The molecule has 0 rings (SSSR count). The lowest BCUT2D eigenvalue weighted by atomic mass is 10.4. The molecule has 3 heteroatoms. The minimum atomic E-state index is 0. The van der Waals surface area contributed by atoms with Crippen molar-refractivity contribution in [3.8, 4) is 0 Å². The first-order chi connectivity index (χ1) is 4.12. The summed E-state index contributed by atoms with van der Waals surface area (Å²) in [6.45, 7) is 9.37. The van der Waals surface area contributed by atoms with E-state index in [1.165, 1.54) is 0 Å². The van der Waals surface area contributed by atoms with Crippen LogP contribution >= 0.6 is 0 Å². The van der Waals surface area contributed by atoms with Crippen LogP contribution in [0.15, 0.2) is 25.3 Å². The Morgan fingerprint density at radius 3 is 1.55 bits per heavy atom. The van der Waals surface area contributed by atoms with Crippen LogP contribution in [0.25, 0.3) is 0 Å². The van der Waals surface area contributed by atoms with Crippen molar-refractivity contribution in [3.63, 3.8) is 0 Å². The summed E-state index contributed by atoms with van der Waals surface area (Å²) in [4.78, 5) is 0. The highest BCUT2D eigenvalue weighted by molar-refractivity contribution is 5.75. The summed E-state index contributed by atoms with van der Waals surface area (Å²) in [5.74, 6) is 0. The molecule has 66 valence electrons. The van der Waals surface area contributed by atoms with E-state index in [1.54, 1.807) is 0 Å². The van der Waals surface area contributed by atoms with Gasteiger partial charge in [0, 0.05) is 0 Å². The zero-order chi connectivity index (χ0) is 7.33. The van der Waals surface area contributed by atoms with E-state index in [9.17, 15) is 0 Å². The van der Waals surface area contributed by atoms with Crippen LogP contribution in [0.3, 0.4) is 0 Å². The molecular weight excluding hydrogens is 173 g/mol. The molecule has 0 fully saturated rings. The topological polar surface area (TPSA) is 0 Å². The van der Waals surface area contributed by atoms with Gasteiger partial charge in [-0.05, 0) is 12.2 Å². The lowest BCUT2D eigenvalue weighted by Gasteiger charge is -2.26. The van der Waals surface area contributed by atoms with Gasteiger partial charge in [-0.15, -0.1) is 0 Å². The SMILES string of the molecule is C=CC[N+](C)(C)CC=C.[AlH3].[Cl-]. The standard InChI is InChI=1S/C8H16N.Al.ClH.3H/c1-5-7-9(3,4)8-6-2;;;;;/h5-6H,1-2,7-8H2,3-4H3;;1H;;;/q+1;;;;;/p-1. The Kier molecular flexibility index (Phi) is 13.2. The van der Waals surface area contributed by atoms with Crippen LogP contribution < -0.4 is 12.4 Å². The second-order valence-electron chi connectivity index (χ2n) is 2.88. The number of quaternary nitrogens is 1. The third-order valence-corrected chi connectivity index (χ3v) is 1.25. The lowest BCUT2D eigenvalue weighted by molar-refractivity contribution is -0.878. The highest BCUT2D eigenvalue weighted by Crippen LogP contribution is 1.95. The van der Waals surface area contributed by atoms with Crippen LogP contribution in [0.5, 0.6) is 0 Å². The second-order valence-corrected chi connectivity index (χ2v) is 2.88. The predicted molar refractivity (Wildman–Crippen MR) is 52.2 cm³/mol. The van der Waals surface area contributed by atoms with Gasteiger partial charge in [-0.1, -0.05) is 13.2 Å².